The third-order valence-corrected chi connectivity index (χ3v) is 5.79. The van der Waals surface area contributed by atoms with Crippen LogP contribution in [0.25, 0.3) is 0 Å². The van der Waals surface area contributed by atoms with Crippen LogP contribution in [0.2, 0.25) is 0 Å². The first kappa shape index (κ1) is 19.3. The van der Waals surface area contributed by atoms with Gasteiger partial charge in [-0.05, 0) is 61.3 Å². The maximum Gasteiger partial charge on any atom is 0.230 e. The summed E-state index contributed by atoms with van der Waals surface area (Å²) < 4.78 is 0. The first-order chi connectivity index (χ1) is 11.7. The van der Waals surface area contributed by atoms with Crippen LogP contribution in [-0.4, -0.2) is 28.6 Å². The summed E-state index contributed by atoms with van der Waals surface area (Å²) in [7, 11) is 0. The largest absolute Gasteiger partial charge is 0.392 e. The highest BCUT2D eigenvalue weighted by atomic mass is 32.2. The molecule has 1 fully saturated rings. The molecule has 0 radical (unpaired) electrons. The van der Waals surface area contributed by atoms with E-state index in [1.807, 2.05) is 23.9 Å². The lowest BCUT2D eigenvalue weighted by atomic mass is 10.1. The van der Waals surface area contributed by atoms with E-state index in [0.29, 0.717) is 0 Å². The third-order valence-electron chi connectivity index (χ3n) is 4.72. The summed E-state index contributed by atoms with van der Waals surface area (Å²) in [4.78, 5) is 12.2. The van der Waals surface area contributed by atoms with Gasteiger partial charge in [-0.15, -0.1) is 0 Å². The number of rotatable bonds is 10. The molecule has 1 aliphatic carbocycles. The fraction of sp³-hybridized carbons (Fsp3) is 0.650. The molecule has 134 valence electrons. The van der Waals surface area contributed by atoms with Crippen LogP contribution < -0.4 is 5.32 Å². The molecule has 1 amide bonds. The Kier molecular flexibility index (Phi) is 8.68. The van der Waals surface area contributed by atoms with Crippen LogP contribution in [0.4, 0.5) is 5.69 Å². The average Bonchev–Trinajstić information content (AvgIpc) is 3.02. The highest BCUT2D eigenvalue weighted by molar-refractivity contribution is 7.99. The number of unbranched alkanes of at least 4 members (excludes halogenated alkanes) is 3. The molecule has 1 saturated carbocycles. The minimum absolute atomic E-state index is 0.0459. The van der Waals surface area contributed by atoms with Crippen molar-refractivity contribution < 1.29 is 9.90 Å². The van der Waals surface area contributed by atoms with Crippen LogP contribution in [0.3, 0.4) is 0 Å². The normalized spacial score (nSPS) is 20.2. The molecule has 24 heavy (non-hydrogen) atoms. The van der Waals surface area contributed by atoms with Crippen molar-refractivity contribution in [3.05, 3.63) is 29.8 Å². The lowest BCUT2D eigenvalue weighted by Crippen LogP contribution is -2.28. The third kappa shape index (κ3) is 6.48. The summed E-state index contributed by atoms with van der Waals surface area (Å²) in [6.45, 7) is 2.25. The number of aryl methyl sites for hydroxylation is 1. The predicted molar refractivity (Wildman–Crippen MR) is 104 cm³/mol. The van der Waals surface area contributed by atoms with Crippen molar-refractivity contribution in [2.75, 3.05) is 16.8 Å². The Balaban J connectivity index is 1.66. The molecular formula is C20H31NO2S. The zero-order valence-corrected chi connectivity index (χ0v) is 15.6. The zero-order chi connectivity index (χ0) is 17.2. The van der Waals surface area contributed by atoms with E-state index in [2.05, 4.69) is 24.4 Å². The Bertz CT molecular complexity index is 489. The van der Waals surface area contributed by atoms with Gasteiger partial charge in [-0.2, -0.15) is 11.8 Å². The maximum atomic E-state index is 12.2. The second kappa shape index (κ2) is 10.8. The smallest absolute Gasteiger partial charge is 0.230 e. The molecule has 1 aliphatic rings. The molecule has 0 aromatic heterocycles. The molecule has 1 aromatic rings. The number of anilines is 1. The van der Waals surface area contributed by atoms with E-state index in [1.165, 1.54) is 37.0 Å². The Morgan fingerprint density at radius 3 is 2.62 bits per heavy atom. The second-order valence-electron chi connectivity index (χ2n) is 6.71. The summed E-state index contributed by atoms with van der Waals surface area (Å²) in [5, 5.41) is 12.7. The molecule has 2 atom stereocenters. The van der Waals surface area contributed by atoms with E-state index in [0.717, 1.165) is 37.1 Å². The van der Waals surface area contributed by atoms with Gasteiger partial charge in [-0.25, -0.2) is 0 Å². The Labute approximate surface area is 150 Å². The SMILES string of the molecule is CCCCCCSCCc1ccc(NC(=O)[C@H]2CCC[C@@H]2O)cc1. The van der Waals surface area contributed by atoms with E-state index in [9.17, 15) is 9.90 Å². The van der Waals surface area contributed by atoms with Gasteiger partial charge in [-0.3, -0.25) is 4.79 Å². The van der Waals surface area contributed by atoms with Gasteiger partial charge in [-0.1, -0.05) is 38.3 Å². The van der Waals surface area contributed by atoms with Crippen LogP contribution in [-0.2, 0) is 11.2 Å². The zero-order valence-electron chi connectivity index (χ0n) is 14.8. The molecule has 0 bridgehead atoms. The molecule has 3 nitrogen and oxygen atoms in total. The number of nitrogens with one attached hydrogen (secondary N) is 1. The molecule has 1 aromatic carbocycles. The van der Waals surface area contributed by atoms with Crippen LogP contribution in [0.15, 0.2) is 24.3 Å². The fourth-order valence-electron chi connectivity index (χ4n) is 3.16. The Hall–Kier alpha value is -1.00. The molecule has 0 spiro atoms. The lowest BCUT2D eigenvalue weighted by molar-refractivity contribution is -0.122. The Morgan fingerprint density at radius 2 is 1.96 bits per heavy atom. The number of hydrogen-bond acceptors (Lipinski definition) is 3. The average molecular weight is 350 g/mol. The molecule has 0 saturated heterocycles. The van der Waals surface area contributed by atoms with E-state index >= 15 is 0 Å². The predicted octanol–water partition coefficient (Wildman–Crippen LogP) is 4.64. The number of aliphatic hydroxyl groups is 1. The number of thioether (sulfide) groups is 1. The number of benzene rings is 1. The summed E-state index contributed by atoms with van der Waals surface area (Å²) in [6.07, 6.45) is 8.41. The van der Waals surface area contributed by atoms with Crippen molar-refractivity contribution in [1.82, 2.24) is 0 Å². The van der Waals surface area contributed by atoms with Crippen LogP contribution in [0.5, 0.6) is 0 Å². The van der Waals surface area contributed by atoms with Crippen molar-refractivity contribution >= 4 is 23.4 Å². The first-order valence-corrected chi connectivity index (χ1v) is 10.5. The highest BCUT2D eigenvalue weighted by Gasteiger charge is 2.31. The number of hydrogen-bond donors (Lipinski definition) is 2. The standard InChI is InChI=1S/C20H31NO2S/c1-2-3-4-5-14-24-15-13-16-9-11-17(12-10-16)21-20(23)18-7-6-8-19(18)22/h9-12,18-19,22H,2-8,13-15H2,1H3,(H,21,23)/t18-,19-/m0/s1. The number of carbonyl (C=O) groups excluding carboxylic acids is 1. The molecule has 4 heteroatoms. The second-order valence-corrected chi connectivity index (χ2v) is 7.94. The van der Waals surface area contributed by atoms with Crippen molar-refractivity contribution in [3.63, 3.8) is 0 Å². The number of aliphatic hydroxyl groups excluding tert-OH is 1. The van der Waals surface area contributed by atoms with Gasteiger partial charge in [0.25, 0.3) is 0 Å². The summed E-state index contributed by atoms with van der Waals surface area (Å²) in [5.74, 6) is 2.13. The summed E-state index contributed by atoms with van der Waals surface area (Å²) >= 11 is 2.03. The molecule has 0 heterocycles. The first-order valence-electron chi connectivity index (χ1n) is 9.36. The van der Waals surface area contributed by atoms with Crippen molar-refractivity contribution in [1.29, 1.82) is 0 Å². The van der Waals surface area contributed by atoms with Crippen molar-refractivity contribution in [2.45, 2.75) is 64.4 Å². The van der Waals surface area contributed by atoms with Gasteiger partial charge in [0, 0.05) is 5.69 Å². The Morgan fingerprint density at radius 1 is 1.17 bits per heavy atom. The van der Waals surface area contributed by atoms with Crippen LogP contribution in [0, 0.1) is 5.92 Å². The maximum absolute atomic E-state index is 12.2. The molecule has 0 aliphatic heterocycles. The van der Waals surface area contributed by atoms with Gasteiger partial charge in [0.2, 0.25) is 5.91 Å². The quantitative estimate of drug-likeness (QED) is 0.605. The number of carbonyl (C=O) groups is 1. The molecular weight excluding hydrogens is 318 g/mol. The van der Waals surface area contributed by atoms with E-state index in [4.69, 9.17) is 0 Å². The fourth-order valence-corrected chi connectivity index (χ4v) is 4.15. The van der Waals surface area contributed by atoms with Gasteiger partial charge in [0.05, 0.1) is 12.0 Å². The highest BCUT2D eigenvalue weighted by Crippen LogP contribution is 2.26. The van der Waals surface area contributed by atoms with E-state index in [-0.39, 0.29) is 11.8 Å². The van der Waals surface area contributed by atoms with Crippen molar-refractivity contribution in [3.8, 4) is 0 Å². The van der Waals surface area contributed by atoms with Crippen molar-refractivity contribution in [2.24, 2.45) is 5.92 Å². The van der Waals surface area contributed by atoms with Gasteiger partial charge in [0.15, 0.2) is 0 Å². The minimum Gasteiger partial charge on any atom is -0.392 e. The van der Waals surface area contributed by atoms with Gasteiger partial charge in [0.1, 0.15) is 0 Å². The monoisotopic (exact) mass is 349 g/mol. The van der Waals surface area contributed by atoms with E-state index in [1.54, 1.807) is 0 Å². The lowest BCUT2D eigenvalue weighted by Gasteiger charge is -2.14. The van der Waals surface area contributed by atoms with Gasteiger partial charge >= 0.3 is 0 Å². The van der Waals surface area contributed by atoms with Crippen LogP contribution in [0.1, 0.15) is 57.4 Å². The molecule has 2 N–H and O–H groups in total. The van der Waals surface area contributed by atoms with E-state index < -0.39 is 6.10 Å². The number of amides is 1. The van der Waals surface area contributed by atoms with Gasteiger partial charge < -0.3 is 10.4 Å². The van der Waals surface area contributed by atoms with Crippen LogP contribution >= 0.6 is 11.8 Å². The minimum atomic E-state index is -0.473. The topological polar surface area (TPSA) is 49.3 Å². The summed E-state index contributed by atoms with van der Waals surface area (Å²) in [6, 6.07) is 8.14. The molecule has 2 rings (SSSR count). The summed E-state index contributed by atoms with van der Waals surface area (Å²) in [5.41, 5.74) is 2.14. The molecule has 0 unspecified atom stereocenters.